The van der Waals surface area contributed by atoms with E-state index in [0.717, 1.165) is 18.2 Å². The van der Waals surface area contributed by atoms with Gasteiger partial charge in [-0.25, -0.2) is 17.7 Å². The van der Waals surface area contributed by atoms with Gasteiger partial charge in [-0.3, -0.25) is 9.36 Å². The molecule has 0 radical (unpaired) electrons. The highest BCUT2D eigenvalue weighted by Crippen LogP contribution is 2.39. The third-order valence-corrected chi connectivity index (χ3v) is 8.57. The zero-order valence-electron chi connectivity index (χ0n) is 18.3. The lowest BCUT2D eigenvalue weighted by molar-refractivity contribution is 0.0266. The van der Waals surface area contributed by atoms with Gasteiger partial charge in [0.15, 0.2) is 0 Å². The van der Waals surface area contributed by atoms with Crippen LogP contribution in [0.25, 0.3) is 11.0 Å². The van der Waals surface area contributed by atoms with Crippen LogP contribution >= 0.6 is 0 Å². The van der Waals surface area contributed by atoms with E-state index in [-0.39, 0.29) is 23.4 Å². The average molecular weight is 450 g/mol. The first-order valence-corrected chi connectivity index (χ1v) is 12.6. The van der Waals surface area contributed by atoms with Crippen LogP contribution in [0.3, 0.4) is 0 Å². The molecule has 2 aromatic heterocycles. The molecule has 1 saturated heterocycles. The van der Waals surface area contributed by atoms with Crippen LogP contribution in [0.4, 0.5) is 5.95 Å². The van der Waals surface area contributed by atoms with Gasteiger partial charge in [0.2, 0.25) is 16.0 Å². The van der Waals surface area contributed by atoms with E-state index >= 15 is 0 Å². The summed E-state index contributed by atoms with van der Waals surface area (Å²) in [5.74, 6) is 0.528. The van der Waals surface area contributed by atoms with E-state index in [4.69, 9.17) is 0 Å². The Morgan fingerprint density at radius 1 is 1.29 bits per heavy atom. The van der Waals surface area contributed by atoms with Crippen LogP contribution in [0, 0.1) is 6.92 Å². The van der Waals surface area contributed by atoms with Crippen LogP contribution in [0.15, 0.2) is 17.1 Å². The summed E-state index contributed by atoms with van der Waals surface area (Å²) in [7, 11) is -3.17. The Balaban J connectivity index is 1.62. The molecule has 0 amide bonds. The van der Waals surface area contributed by atoms with Gasteiger partial charge in [-0.05, 0) is 58.9 Å². The highest BCUT2D eigenvalue weighted by molar-refractivity contribution is 7.89. The van der Waals surface area contributed by atoms with Gasteiger partial charge in [0, 0.05) is 36.3 Å². The Labute approximate surface area is 182 Å². The average Bonchev–Trinajstić information content (AvgIpc) is 3.08. The van der Waals surface area contributed by atoms with Gasteiger partial charge in [-0.15, -0.1) is 0 Å². The maximum atomic E-state index is 13.0. The highest BCUT2D eigenvalue weighted by atomic mass is 32.2. The number of pyridine rings is 1. The molecule has 0 bridgehead atoms. The van der Waals surface area contributed by atoms with Crippen molar-refractivity contribution in [3.8, 4) is 0 Å². The first kappa shape index (κ1) is 22.2. The minimum atomic E-state index is -3.17. The van der Waals surface area contributed by atoms with Crippen molar-refractivity contribution in [1.29, 1.82) is 0 Å². The second-order valence-electron chi connectivity index (χ2n) is 8.96. The van der Waals surface area contributed by atoms with Crippen molar-refractivity contribution in [2.24, 2.45) is 0 Å². The molecule has 31 heavy (non-hydrogen) atoms. The molecule has 0 aromatic carbocycles. The number of anilines is 1. The minimum absolute atomic E-state index is 0.0564. The molecule has 1 aliphatic carbocycles. The van der Waals surface area contributed by atoms with E-state index in [1.807, 2.05) is 0 Å². The van der Waals surface area contributed by atoms with Crippen LogP contribution in [0.5, 0.6) is 0 Å². The topological polar surface area (TPSA) is 117 Å². The molecule has 1 saturated carbocycles. The SMILES string of the molecule is CCS(=O)(=O)N1CCC(Nc2ncc3cc(C)c(=O)n([C@@H]4CCC[C@@]4(C)O)c3n2)CC1. The van der Waals surface area contributed by atoms with Crippen molar-refractivity contribution in [2.75, 3.05) is 24.2 Å². The Hall–Kier alpha value is -2.04. The van der Waals surface area contributed by atoms with Crippen LogP contribution in [0.1, 0.15) is 57.6 Å². The van der Waals surface area contributed by atoms with Crippen molar-refractivity contribution >= 4 is 27.0 Å². The van der Waals surface area contributed by atoms with E-state index in [0.29, 0.717) is 49.5 Å². The molecule has 10 heteroatoms. The second kappa shape index (κ2) is 8.14. The standard InChI is InChI=1S/C21H31N5O4S/c1-4-31(29,30)25-10-7-16(8-11-25)23-20-22-13-15-12-14(2)19(27)26(18(15)24-20)17-6-5-9-21(17,3)28/h12-13,16-17,28H,4-11H2,1-3H3,(H,22,23,24)/t17-,21-/m1/s1. The largest absolute Gasteiger partial charge is 0.388 e. The van der Waals surface area contributed by atoms with Crippen LogP contribution in [0.2, 0.25) is 0 Å². The highest BCUT2D eigenvalue weighted by Gasteiger charge is 2.39. The fourth-order valence-corrected chi connectivity index (χ4v) is 5.93. The van der Waals surface area contributed by atoms with Gasteiger partial charge >= 0.3 is 0 Å². The Kier molecular flexibility index (Phi) is 5.82. The fraction of sp³-hybridized carbons (Fsp3) is 0.667. The third kappa shape index (κ3) is 4.20. The number of nitrogens with zero attached hydrogens (tertiary/aromatic N) is 4. The van der Waals surface area contributed by atoms with Crippen LogP contribution in [-0.2, 0) is 10.0 Å². The summed E-state index contributed by atoms with van der Waals surface area (Å²) in [6, 6.07) is 1.52. The quantitative estimate of drug-likeness (QED) is 0.715. The molecule has 2 atom stereocenters. The molecular formula is C21H31N5O4S. The van der Waals surface area contributed by atoms with Crippen LogP contribution < -0.4 is 10.9 Å². The molecule has 2 aliphatic rings. The number of piperidine rings is 1. The smallest absolute Gasteiger partial charge is 0.255 e. The van der Waals surface area contributed by atoms with E-state index in [1.165, 1.54) is 4.31 Å². The summed E-state index contributed by atoms with van der Waals surface area (Å²) >= 11 is 0. The molecular weight excluding hydrogens is 418 g/mol. The molecule has 9 nitrogen and oxygen atoms in total. The van der Waals surface area contributed by atoms with Gasteiger partial charge in [0.25, 0.3) is 5.56 Å². The van der Waals surface area contributed by atoms with E-state index in [2.05, 4.69) is 15.3 Å². The zero-order chi connectivity index (χ0) is 22.4. The predicted octanol–water partition coefficient (Wildman–Crippen LogP) is 1.80. The molecule has 3 heterocycles. The number of nitrogens with one attached hydrogen (secondary N) is 1. The van der Waals surface area contributed by atoms with E-state index < -0.39 is 15.6 Å². The normalized spacial score (nSPS) is 25.9. The van der Waals surface area contributed by atoms with Gasteiger partial charge in [0.1, 0.15) is 5.65 Å². The molecule has 2 fully saturated rings. The lowest BCUT2D eigenvalue weighted by atomic mass is 9.99. The third-order valence-electron chi connectivity index (χ3n) is 6.69. The van der Waals surface area contributed by atoms with Crippen LogP contribution in [-0.4, -0.2) is 62.8 Å². The minimum Gasteiger partial charge on any atom is -0.388 e. The predicted molar refractivity (Wildman–Crippen MR) is 120 cm³/mol. The number of hydrogen-bond acceptors (Lipinski definition) is 7. The van der Waals surface area contributed by atoms with Gasteiger partial charge < -0.3 is 10.4 Å². The van der Waals surface area contributed by atoms with Gasteiger partial charge in [-0.1, -0.05) is 0 Å². The number of hydrogen-bond donors (Lipinski definition) is 2. The van der Waals surface area contributed by atoms with Gasteiger partial charge in [0.05, 0.1) is 17.4 Å². The molecule has 0 unspecified atom stereocenters. The first-order valence-electron chi connectivity index (χ1n) is 11.0. The number of fused-ring (bicyclic) bond motifs is 1. The van der Waals surface area contributed by atoms with E-state index in [9.17, 15) is 18.3 Å². The zero-order valence-corrected chi connectivity index (χ0v) is 19.2. The van der Waals surface area contributed by atoms with Crippen molar-refractivity contribution < 1.29 is 13.5 Å². The number of aryl methyl sites for hydroxylation is 1. The fourth-order valence-electron chi connectivity index (χ4n) is 4.80. The summed E-state index contributed by atoms with van der Waals surface area (Å²) < 4.78 is 27.3. The Bertz CT molecular complexity index is 1140. The van der Waals surface area contributed by atoms with Crippen molar-refractivity contribution in [2.45, 2.75) is 70.6 Å². The van der Waals surface area contributed by atoms with Crippen molar-refractivity contribution in [3.05, 3.63) is 28.2 Å². The number of sulfonamides is 1. The maximum absolute atomic E-state index is 13.0. The second-order valence-corrected chi connectivity index (χ2v) is 11.2. The molecule has 2 aromatic rings. The Morgan fingerprint density at radius 2 is 2.00 bits per heavy atom. The number of rotatable bonds is 5. The van der Waals surface area contributed by atoms with Crippen molar-refractivity contribution in [1.82, 2.24) is 18.8 Å². The first-order chi connectivity index (χ1) is 14.6. The van der Waals surface area contributed by atoms with Crippen molar-refractivity contribution in [3.63, 3.8) is 0 Å². The summed E-state index contributed by atoms with van der Waals surface area (Å²) in [4.78, 5) is 22.1. The summed E-state index contributed by atoms with van der Waals surface area (Å²) in [5, 5.41) is 14.9. The number of aromatic nitrogens is 3. The number of aliphatic hydroxyl groups is 1. The summed E-state index contributed by atoms with van der Waals surface area (Å²) in [6.07, 6.45) is 5.26. The summed E-state index contributed by atoms with van der Waals surface area (Å²) in [5.41, 5.74) is 0.0263. The molecule has 0 spiro atoms. The molecule has 170 valence electrons. The monoisotopic (exact) mass is 449 g/mol. The lowest BCUT2D eigenvalue weighted by Gasteiger charge is -2.31. The molecule has 4 rings (SSSR count). The van der Waals surface area contributed by atoms with Gasteiger partial charge in [-0.2, -0.15) is 4.98 Å². The lowest BCUT2D eigenvalue weighted by Crippen LogP contribution is -2.43. The Morgan fingerprint density at radius 3 is 2.61 bits per heavy atom. The molecule has 1 aliphatic heterocycles. The maximum Gasteiger partial charge on any atom is 0.255 e. The van der Waals surface area contributed by atoms with E-state index in [1.54, 1.807) is 37.6 Å². The molecule has 2 N–H and O–H groups in total. The summed E-state index contributed by atoms with van der Waals surface area (Å²) in [6.45, 7) is 6.15.